The molecule has 1 unspecified atom stereocenters. The summed E-state index contributed by atoms with van der Waals surface area (Å²) in [5, 5.41) is 16.6. The van der Waals surface area contributed by atoms with Crippen LogP contribution in [0.5, 0.6) is 0 Å². The fourth-order valence-corrected chi connectivity index (χ4v) is 3.96. The molecule has 5 nitrogen and oxygen atoms in total. The van der Waals surface area contributed by atoms with Gasteiger partial charge >= 0.3 is 5.97 Å². The van der Waals surface area contributed by atoms with Gasteiger partial charge in [0.05, 0.1) is 6.42 Å². The van der Waals surface area contributed by atoms with E-state index in [0.717, 1.165) is 11.1 Å². The van der Waals surface area contributed by atoms with Crippen LogP contribution < -0.4 is 10.6 Å². The van der Waals surface area contributed by atoms with E-state index in [0.29, 0.717) is 28.7 Å². The molecule has 0 aromatic heterocycles. The van der Waals surface area contributed by atoms with Gasteiger partial charge in [-0.1, -0.05) is 55.2 Å². The molecule has 1 atom stereocenters. The highest BCUT2D eigenvalue weighted by Crippen LogP contribution is 2.40. The summed E-state index contributed by atoms with van der Waals surface area (Å²) in [5.41, 5.74) is 0.758. The van der Waals surface area contributed by atoms with Gasteiger partial charge in [-0.15, -0.1) is 0 Å². The molecule has 2 aromatic rings. The Hall–Kier alpha value is -2.08. The first-order valence-corrected chi connectivity index (χ1v) is 9.70. The summed E-state index contributed by atoms with van der Waals surface area (Å²) in [6.45, 7) is 4.06. The van der Waals surface area contributed by atoms with Crippen molar-refractivity contribution in [3.05, 3.63) is 63.6 Å². The van der Waals surface area contributed by atoms with Gasteiger partial charge in [0.25, 0.3) is 0 Å². The lowest BCUT2D eigenvalue weighted by molar-refractivity contribution is -0.139. The highest BCUT2D eigenvalue weighted by Gasteiger charge is 2.47. The van der Waals surface area contributed by atoms with Gasteiger partial charge in [-0.25, -0.2) is 0 Å². The van der Waals surface area contributed by atoms with E-state index >= 15 is 0 Å². The third kappa shape index (κ3) is 4.32. The van der Waals surface area contributed by atoms with E-state index in [1.165, 1.54) is 0 Å². The molecule has 0 aliphatic carbocycles. The van der Waals surface area contributed by atoms with Crippen molar-refractivity contribution in [3.63, 3.8) is 0 Å². The van der Waals surface area contributed by atoms with Crippen LogP contribution in [0, 0.1) is 5.41 Å². The number of benzene rings is 2. The van der Waals surface area contributed by atoms with Gasteiger partial charge in [0.15, 0.2) is 0 Å². The molecule has 28 heavy (non-hydrogen) atoms. The number of amides is 1. The van der Waals surface area contributed by atoms with Gasteiger partial charge < -0.3 is 10.4 Å². The maximum Gasteiger partial charge on any atom is 0.303 e. The van der Waals surface area contributed by atoms with Crippen LogP contribution in [-0.4, -0.2) is 23.5 Å². The van der Waals surface area contributed by atoms with Crippen molar-refractivity contribution in [3.8, 4) is 0 Å². The van der Waals surface area contributed by atoms with Crippen molar-refractivity contribution in [2.45, 2.75) is 32.2 Å². The summed E-state index contributed by atoms with van der Waals surface area (Å²) in [6, 6.07) is 12.7. The molecular weight excluding hydrogens is 399 g/mol. The third-order valence-corrected chi connectivity index (χ3v) is 5.40. The van der Waals surface area contributed by atoms with Crippen molar-refractivity contribution in [2.24, 2.45) is 5.41 Å². The number of anilines is 1. The minimum Gasteiger partial charge on any atom is -0.481 e. The summed E-state index contributed by atoms with van der Waals surface area (Å²) >= 11 is 12.2. The predicted octanol–water partition coefficient (Wildman–Crippen LogP) is 4.47. The molecule has 0 spiro atoms. The molecule has 1 amide bonds. The van der Waals surface area contributed by atoms with E-state index in [1.54, 1.807) is 18.2 Å². The second kappa shape index (κ2) is 7.74. The molecular formula is C21H22Cl2N2O3. The van der Waals surface area contributed by atoms with Crippen LogP contribution in [0.15, 0.2) is 42.5 Å². The van der Waals surface area contributed by atoms with E-state index in [4.69, 9.17) is 23.2 Å². The molecule has 0 radical (unpaired) electrons. The zero-order valence-electron chi connectivity index (χ0n) is 15.7. The smallest absolute Gasteiger partial charge is 0.303 e. The van der Waals surface area contributed by atoms with Crippen molar-refractivity contribution in [1.82, 2.24) is 5.32 Å². The van der Waals surface area contributed by atoms with E-state index in [-0.39, 0.29) is 12.3 Å². The summed E-state index contributed by atoms with van der Waals surface area (Å²) in [5.74, 6) is -1.07. The first-order chi connectivity index (χ1) is 13.1. The molecule has 148 valence electrons. The number of halogens is 2. The molecule has 1 aliphatic rings. The molecule has 1 heterocycles. The Kier molecular flexibility index (Phi) is 5.71. The SMILES string of the molecule is CC(C)(CNC1(Cc2cccc(Cl)c2)C(=O)Nc2cc(Cl)ccc21)CC(=O)O. The largest absolute Gasteiger partial charge is 0.481 e. The Labute approximate surface area is 174 Å². The highest BCUT2D eigenvalue weighted by molar-refractivity contribution is 6.31. The predicted molar refractivity (Wildman–Crippen MR) is 111 cm³/mol. The monoisotopic (exact) mass is 420 g/mol. The molecule has 3 N–H and O–H groups in total. The normalized spacial score (nSPS) is 18.6. The Bertz CT molecular complexity index is 930. The van der Waals surface area contributed by atoms with Crippen molar-refractivity contribution < 1.29 is 14.7 Å². The fraction of sp³-hybridized carbons (Fsp3) is 0.333. The van der Waals surface area contributed by atoms with Crippen LogP contribution in [-0.2, 0) is 21.5 Å². The molecule has 0 saturated heterocycles. The van der Waals surface area contributed by atoms with Crippen LogP contribution in [0.3, 0.4) is 0 Å². The standard InChI is InChI=1S/C21H22Cl2N2O3/c1-20(2,11-18(26)27)12-24-21(10-13-4-3-5-14(22)8-13)16-7-6-15(23)9-17(16)25-19(21)28/h3-9,24H,10-12H2,1-2H3,(H,25,28)(H,26,27). The van der Waals surface area contributed by atoms with Gasteiger partial charge in [-0.3, -0.25) is 14.9 Å². The number of fused-ring (bicyclic) bond motifs is 1. The van der Waals surface area contributed by atoms with E-state index in [9.17, 15) is 14.7 Å². The summed E-state index contributed by atoms with van der Waals surface area (Å²) < 4.78 is 0. The number of carboxylic acid groups (broad SMARTS) is 1. The number of aliphatic carboxylic acids is 1. The van der Waals surface area contributed by atoms with Crippen molar-refractivity contribution in [1.29, 1.82) is 0 Å². The first kappa shape index (κ1) is 20.6. The Morgan fingerprint density at radius 3 is 2.57 bits per heavy atom. The van der Waals surface area contributed by atoms with E-state index in [1.807, 2.05) is 38.1 Å². The van der Waals surface area contributed by atoms with Crippen LogP contribution in [0.2, 0.25) is 10.0 Å². The van der Waals surface area contributed by atoms with Crippen LogP contribution >= 0.6 is 23.2 Å². The van der Waals surface area contributed by atoms with Crippen LogP contribution in [0.25, 0.3) is 0 Å². The summed E-state index contributed by atoms with van der Waals surface area (Å²) in [6.07, 6.45) is 0.361. The Morgan fingerprint density at radius 2 is 1.89 bits per heavy atom. The van der Waals surface area contributed by atoms with Gasteiger partial charge in [0.1, 0.15) is 5.54 Å². The highest BCUT2D eigenvalue weighted by atomic mass is 35.5. The zero-order valence-corrected chi connectivity index (χ0v) is 17.2. The van der Waals surface area contributed by atoms with E-state index in [2.05, 4.69) is 10.6 Å². The van der Waals surface area contributed by atoms with E-state index < -0.39 is 16.9 Å². The molecule has 0 saturated carbocycles. The lowest BCUT2D eigenvalue weighted by Crippen LogP contribution is -2.52. The van der Waals surface area contributed by atoms with Gasteiger partial charge in [0, 0.05) is 34.3 Å². The van der Waals surface area contributed by atoms with Gasteiger partial charge in [-0.2, -0.15) is 0 Å². The quantitative estimate of drug-likeness (QED) is 0.616. The van der Waals surface area contributed by atoms with Crippen molar-refractivity contribution in [2.75, 3.05) is 11.9 Å². The number of carboxylic acids is 1. The molecule has 0 bridgehead atoms. The third-order valence-electron chi connectivity index (χ3n) is 4.93. The number of hydrogen-bond acceptors (Lipinski definition) is 3. The number of nitrogens with one attached hydrogen (secondary N) is 2. The van der Waals surface area contributed by atoms with Gasteiger partial charge in [-0.05, 0) is 35.2 Å². The molecule has 7 heteroatoms. The minimum absolute atomic E-state index is 0.0116. The number of hydrogen-bond donors (Lipinski definition) is 3. The lowest BCUT2D eigenvalue weighted by Gasteiger charge is -2.34. The number of carbonyl (C=O) groups is 2. The Morgan fingerprint density at radius 1 is 1.18 bits per heavy atom. The molecule has 3 rings (SSSR count). The average Bonchev–Trinajstić information content (AvgIpc) is 2.83. The summed E-state index contributed by atoms with van der Waals surface area (Å²) in [4.78, 5) is 24.3. The number of carbonyl (C=O) groups excluding carboxylic acids is 1. The zero-order chi connectivity index (χ0) is 20.5. The average molecular weight is 421 g/mol. The summed E-state index contributed by atoms with van der Waals surface area (Å²) in [7, 11) is 0. The maximum absolute atomic E-state index is 13.1. The second-order valence-electron chi connectivity index (χ2n) is 7.94. The topological polar surface area (TPSA) is 78.4 Å². The Balaban J connectivity index is 2.00. The van der Waals surface area contributed by atoms with Crippen LogP contribution in [0.1, 0.15) is 31.4 Å². The second-order valence-corrected chi connectivity index (χ2v) is 8.82. The molecule has 1 aliphatic heterocycles. The van der Waals surface area contributed by atoms with Gasteiger partial charge in [0.2, 0.25) is 5.91 Å². The minimum atomic E-state index is -1.04. The molecule has 2 aromatic carbocycles. The lowest BCUT2D eigenvalue weighted by atomic mass is 9.82. The number of rotatable bonds is 7. The fourth-order valence-electron chi connectivity index (χ4n) is 3.57. The van der Waals surface area contributed by atoms with Crippen molar-refractivity contribution >= 4 is 40.8 Å². The maximum atomic E-state index is 13.1. The molecule has 0 fully saturated rings. The first-order valence-electron chi connectivity index (χ1n) is 8.94. The van der Waals surface area contributed by atoms with Crippen LogP contribution in [0.4, 0.5) is 5.69 Å².